The Morgan fingerprint density at radius 3 is 2.63 bits per heavy atom. The van der Waals surface area contributed by atoms with E-state index in [0.29, 0.717) is 6.61 Å². The summed E-state index contributed by atoms with van der Waals surface area (Å²) in [6, 6.07) is 18.4. The Balaban J connectivity index is 1.95. The average molecular weight is 252 g/mol. The van der Waals surface area contributed by atoms with Gasteiger partial charge in [0.1, 0.15) is 5.76 Å². The molecule has 1 aromatic heterocycles. The van der Waals surface area contributed by atoms with Gasteiger partial charge in [-0.1, -0.05) is 42.5 Å². The largest absolute Gasteiger partial charge is 0.490 e. The van der Waals surface area contributed by atoms with Gasteiger partial charge < -0.3 is 9.15 Å². The number of hydrogen-bond donors (Lipinski definition) is 0. The maximum atomic E-state index is 5.93. The van der Waals surface area contributed by atoms with Crippen LogP contribution in [0, 0.1) is 0 Å². The molecule has 0 aliphatic heterocycles. The number of fused-ring (bicyclic) bond motifs is 1. The zero-order valence-corrected chi connectivity index (χ0v) is 10.9. The van der Waals surface area contributed by atoms with Crippen LogP contribution in [-0.4, -0.2) is 6.61 Å². The quantitative estimate of drug-likeness (QED) is 0.685. The maximum absolute atomic E-state index is 5.93. The minimum Gasteiger partial charge on any atom is -0.490 e. The van der Waals surface area contributed by atoms with Crippen molar-refractivity contribution in [3.8, 4) is 5.75 Å². The van der Waals surface area contributed by atoms with Crippen LogP contribution in [0.2, 0.25) is 0 Å². The van der Waals surface area contributed by atoms with Crippen LogP contribution in [0.1, 0.15) is 18.2 Å². The van der Waals surface area contributed by atoms with Crippen LogP contribution < -0.4 is 4.74 Å². The molecule has 0 unspecified atom stereocenters. The number of para-hydroxylation sites is 1. The van der Waals surface area contributed by atoms with Crippen LogP contribution >= 0.6 is 0 Å². The van der Waals surface area contributed by atoms with E-state index in [2.05, 4.69) is 24.3 Å². The molecule has 0 spiro atoms. The van der Waals surface area contributed by atoms with Gasteiger partial charge in [0.05, 0.1) is 6.61 Å². The van der Waals surface area contributed by atoms with Crippen LogP contribution in [0.5, 0.6) is 5.75 Å². The van der Waals surface area contributed by atoms with E-state index in [0.717, 1.165) is 28.9 Å². The summed E-state index contributed by atoms with van der Waals surface area (Å²) < 4.78 is 11.5. The standard InChI is InChI=1S/C17H16O2/c1-2-18-16-10-6-9-14-12-15(19-17(14)16)11-13-7-4-3-5-8-13/h3-10,12H,2,11H2,1H3. The molecule has 1 heterocycles. The van der Waals surface area contributed by atoms with Crippen molar-refractivity contribution in [1.82, 2.24) is 0 Å². The minimum atomic E-state index is 0.647. The molecule has 0 atom stereocenters. The molecule has 2 heteroatoms. The fraction of sp³-hybridized carbons (Fsp3) is 0.176. The number of rotatable bonds is 4. The van der Waals surface area contributed by atoms with Crippen LogP contribution in [0.15, 0.2) is 59.0 Å². The molecule has 2 nitrogen and oxygen atoms in total. The molecule has 2 aromatic carbocycles. The Morgan fingerprint density at radius 2 is 1.84 bits per heavy atom. The highest BCUT2D eigenvalue weighted by Crippen LogP contribution is 2.29. The van der Waals surface area contributed by atoms with Crippen molar-refractivity contribution in [3.63, 3.8) is 0 Å². The van der Waals surface area contributed by atoms with E-state index in [-0.39, 0.29) is 0 Å². The van der Waals surface area contributed by atoms with E-state index in [1.54, 1.807) is 0 Å². The molecule has 0 aliphatic carbocycles. The first-order valence-corrected chi connectivity index (χ1v) is 6.55. The Labute approximate surface area is 112 Å². The fourth-order valence-corrected chi connectivity index (χ4v) is 2.24. The van der Waals surface area contributed by atoms with Crippen molar-refractivity contribution in [2.75, 3.05) is 6.61 Å². The predicted octanol–water partition coefficient (Wildman–Crippen LogP) is 4.42. The van der Waals surface area contributed by atoms with Gasteiger partial charge in [-0.15, -0.1) is 0 Å². The minimum absolute atomic E-state index is 0.647. The maximum Gasteiger partial charge on any atom is 0.176 e. The lowest BCUT2D eigenvalue weighted by molar-refractivity contribution is 0.338. The molecule has 0 fully saturated rings. The van der Waals surface area contributed by atoms with Gasteiger partial charge in [0.2, 0.25) is 0 Å². The molecule has 19 heavy (non-hydrogen) atoms. The first-order valence-electron chi connectivity index (χ1n) is 6.55. The summed E-state index contributed by atoms with van der Waals surface area (Å²) in [6.07, 6.45) is 0.807. The number of hydrogen-bond acceptors (Lipinski definition) is 2. The third kappa shape index (κ3) is 2.48. The highest BCUT2D eigenvalue weighted by Gasteiger charge is 2.09. The van der Waals surface area contributed by atoms with Crippen molar-refractivity contribution in [2.24, 2.45) is 0 Å². The lowest BCUT2D eigenvalue weighted by Gasteiger charge is -2.02. The third-order valence-electron chi connectivity index (χ3n) is 3.08. The zero-order chi connectivity index (χ0) is 13.1. The monoisotopic (exact) mass is 252 g/mol. The molecule has 0 saturated carbocycles. The molecule has 3 rings (SSSR count). The summed E-state index contributed by atoms with van der Waals surface area (Å²) in [5.74, 6) is 1.78. The van der Waals surface area contributed by atoms with Gasteiger partial charge in [0.25, 0.3) is 0 Å². The highest BCUT2D eigenvalue weighted by atomic mass is 16.5. The normalized spacial score (nSPS) is 10.8. The molecule has 0 saturated heterocycles. The Bertz CT molecular complexity index is 668. The Kier molecular flexibility index (Phi) is 3.23. The van der Waals surface area contributed by atoms with E-state index >= 15 is 0 Å². The van der Waals surface area contributed by atoms with Gasteiger partial charge in [-0.3, -0.25) is 0 Å². The number of furan rings is 1. The SMILES string of the molecule is CCOc1cccc2cc(Cc3ccccc3)oc12. The van der Waals surface area contributed by atoms with Crippen molar-refractivity contribution in [2.45, 2.75) is 13.3 Å². The Morgan fingerprint density at radius 1 is 1.00 bits per heavy atom. The van der Waals surface area contributed by atoms with Crippen molar-refractivity contribution in [3.05, 3.63) is 65.9 Å². The lowest BCUT2D eigenvalue weighted by Crippen LogP contribution is -1.90. The molecule has 0 radical (unpaired) electrons. The summed E-state index contributed by atoms with van der Waals surface area (Å²) in [4.78, 5) is 0. The van der Waals surface area contributed by atoms with E-state index in [4.69, 9.17) is 9.15 Å². The molecule has 96 valence electrons. The molecule has 0 N–H and O–H groups in total. The fourth-order valence-electron chi connectivity index (χ4n) is 2.24. The lowest BCUT2D eigenvalue weighted by atomic mass is 10.1. The zero-order valence-electron chi connectivity index (χ0n) is 10.9. The summed E-state index contributed by atoms with van der Waals surface area (Å²) >= 11 is 0. The van der Waals surface area contributed by atoms with E-state index < -0.39 is 0 Å². The van der Waals surface area contributed by atoms with Gasteiger partial charge in [0, 0.05) is 11.8 Å². The van der Waals surface area contributed by atoms with E-state index in [9.17, 15) is 0 Å². The molecule has 0 amide bonds. The summed E-state index contributed by atoms with van der Waals surface area (Å²) in [6.45, 7) is 2.63. The molecule has 3 aromatic rings. The van der Waals surface area contributed by atoms with Gasteiger partial charge in [0.15, 0.2) is 11.3 Å². The van der Waals surface area contributed by atoms with Crippen molar-refractivity contribution in [1.29, 1.82) is 0 Å². The van der Waals surface area contributed by atoms with Crippen LogP contribution in [-0.2, 0) is 6.42 Å². The number of ether oxygens (including phenoxy) is 1. The van der Waals surface area contributed by atoms with Crippen LogP contribution in [0.4, 0.5) is 0 Å². The van der Waals surface area contributed by atoms with Gasteiger partial charge in [-0.05, 0) is 24.6 Å². The second-order valence-corrected chi connectivity index (χ2v) is 4.48. The first-order chi connectivity index (χ1) is 9.36. The molecular weight excluding hydrogens is 236 g/mol. The Hall–Kier alpha value is -2.22. The third-order valence-corrected chi connectivity index (χ3v) is 3.08. The number of benzene rings is 2. The van der Waals surface area contributed by atoms with Gasteiger partial charge in [-0.25, -0.2) is 0 Å². The van der Waals surface area contributed by atoms with E-state index in [1.165, 1.54) is 5.56 Å². The van der Waals surface area contributed by atoms with Crippen molar-refractivity contribution >= 4 is 11.0 Å². The van der Waals surface area contributed by atoms with Gasteiger partial charge in [-0.2, -0.15) is 0 Å². The van der Waals surface area contributed by atoms with Gasteiger partial charge >= 0.3 is 0 Å². The summed E-state index contributed by atoms with van der Waals surface area (Å²) in [5.41, 5.74) is 2.09. The molecular formula is C17H16O2. The summed E-state index contributed by atoms with van der Waals surface area (Å²) in [5, 5.41) is 1.09. The highest BCUT2D eigenvalue weighted by molar-refractivity contribution is 5.83. The smallest absolute Gasteiger partial charge is 0.176 e. The van der Waals surface area contributed by atoms with Crippen LogP contribution in [0.25, 0.3) is 11.0 Å². The second-order valence-electron chi connectivity index (χ2n) is 4.48. The van der Waals surface area contributed by atoms with E-state index in [1.807, 2.05) is 37.3 Å². The second kappa shape index (κ2) is 5.19. The van der Waals surface area contributed by atoms with Crippen molar-refractivity contribution < 1.29 is 9.15 Å². The predicted molar refractivity (Wildman–Crippen MR) is 76.6 cm³/mol. The molecule has 0 bridgehead atoms. The summed E-state index contributed by atoms with van der Waals surface area (Å²) in [7, 11) is 0. The molecule has 0 aliphatic rings. The van der Waals surface area contributed by atoms with Crippen LogP contribution in [0.3, 0.4) is 0 Å². The first kappa shape index (κ1) is 11.8. The average Bonchev–Trinajstić information content (AvgIpc) is 2.84. The topological polar surface area (TPSA) is 22.4 Å².